The molecule has 1 aliphatic heterocycles. The number of likely N-dealkylation sites (tertiary alicyclic amines) is 1. The minimum Gasteiger partial charge on any atom is -0.494 e. The molecule has 0 bridgehead atoms. The van der Waals surface area contributed by atoms with Crippen LogP contribution in [0.4, 0.5) is 0 Å². The Morgan fingerprint density at radius 3 is 2.43 bits per heavy atom. The van der Waals surface area contributed by atoms with Gasteiger partial charge in [-0.05, 0) is 89.0 Å². The topological polar surface area (TPSA) is 24.5 Å². The SMILES string of the molecule is CNCC1CCN(CCCOc2cc(C)cc(C)c2)CC1. The van der Waals surface area contributed by atoms with Crippen LogP contribution in [0.15, 0.2) is 18.2 Å². The average Bonchev–Trinajstić information content (AvgIpc) is 2.45. The van der Waals surface area contributed by atoms with Crippen LogP contribution < -0.4 is 10.1 Å². The van der Waals surface area contributed by atoms with Crippen LogP contribution >= 0.6 is 0 Å². The van der Waals surface area contributed by atoms with E-state index in [1.807, 2.05) is 0 Å². The monoisotopic (exact) mass is 290 g/mol. The largest absolute Gasteiger partial charge is 0.494 e. The molecule has 0 aliphatic carbocycles. The summed E-state index contributed by atoms with van der Waals surface area (Å²) in [5.41, 5.74) is 2.55. The summed E-state index contributed by atoms with van der Waals surface area (Å²) in [5, 5.41) is 3.29. The Labute approximate surface area is 129 Å². The Balaban J connectivity index is 1.62. The van der Waals surface area contributed by atoms with Gasteiger partial charge in [0.1, 0.15) is 5.75 Å². The molecular weight excluding hydrogens is 260 g/mol. The van der Waals surface area contributed by atoms with Gasteiger partial charge in [-0.15, -0.1) is 0 Å². The molecule has 1 saturated heterocycles. The summed E-state index contributed by atoms with van der Waals surface area (Å²) in [6.45, 7) is 9.89. The maximum Gasteiger partial charge on any atom is 0.119 e. The number of rotatable bonds is 7. The number of piperidine rings is 1. The molecule has 0 amide bonds. The van der Waals surface area contributed by atoms with Gasteiger partial charge in [-0.3, -0.25) is 0 Å². The number of hydrogen-bond acceptors (Lipinski definition) is 3. The summed E-state index contributed by atoms with van der Waals surface area (Å²) in [5.74, 6) is 1.89. The van der Waals surface area contributed by atoms with Crippen LogP contribution in [0.3, 0.4) is 0 Å². The molecule has 0 atom stereocenters. The van der Waals surface area contributed by atoms with Crippen LogP contribution in [0, 0.1) is 19.8 Å². The van der Waals surface area contributed by atoms with E-state index in [2.05, 4.69) is 49.3 Å². The van der Waals surface area contributed by atoms with E-state index >= 15 is 0 Å². The number of benzene rings is 1. The van der Waals surface area contributed by atoms with Gasteiger partial charge in [0.05, 0.1) is 6.61 Å². The van der Waals surface area contributed by atoms with Crippen molar-refractivity contribution in [2.24, 2.45) is 5.92 Å². The maximum absolute atomic E-state index is 5.88. The van der Waals surface area contributed by atoms with E-state index in [0.717, 1.165) is 31.2 Å². The summed E-state index contributed by atoms with van der Waals surface area (Å²) >= 11 is 0. The van der Waals surface area contributed by atoms with Crippen LogP contribution in [0.2, 0.25) is 0 Å². The lowest BCUT2D eigenvalue weighted by Crippen LogP contribution is -2.37. The first kappa shape index (κ1) is 16.3. The summed E-state index contributed by atoms with van der Waals surface area (Å²) in [7, 11) is 2.05. The van der Waals surface area contributed by atoms with Gasteiger partial charge in [0, 0.05) is 6.54 Å². The van der Waals surface area contributed by atoms with Crippen molar-refractivity contribution >= 4 is 0 Å². The molecule has 1 aromatic rings. The Bertz CT molecular complexity index is 405. The van der Waals surface area contributed by atoms with Gasteiger partial charge in [0.25, 0.3) is 0 Å². The number of ether oxygens (including phenoxy) is 1. The van der Waals surface area contributed by atoms with Crippen molar-refractivity contribution in [3.8, 4) is 5.75 Å². The Morgan fingerprint density at radius 1 is 1.14 bits per heavy atom. The number of aryl methyl sites for hydroxylation is 2. The first-order valence-electron chi connectivity index (χ1n) is 8.25. The van der Waals surface area contributed by atoms with Gasteiger partial charge in [0.2, 0.25) is 0 Å². The molecule has 2 rings (SSSR count). The van der Waals surface area contributed by atoms with Crippen molar-refractivity contribution in [1.82, 2.24) is 10.2 Å². The van der Waals surface area contributed by atoms with Crippen LogP contribution in [0.1, 0.15) is 30.4 Å². The van der Waals surface area contributed by atoms with Crippen molar-refractivity contribution in [2.75, 3.05) is 39.8 Å². The quantitative estimate of drug-likeness (QED) is 0.781. The molecule has 1 aliphatic rings. The third-order valence-corrected chi connectivity index (χ3v) is 4.28. The van der Waals surface area contributed by atoms with Gasteiger partial charge in [-0.1, -0.05) is 6.07 Å². The van der Waals surface area contributed by atoms with Gasteiger partial charge in [-0.25, -0.2) is 0 Å². The van der Waals surface area contributed by atoms with Crippen LogP contribution in [0.5, 0.6) is 5.75 Å². The molecule has 3 nitrogen and oxygen atoms in total. The highest BCUT2D eigenvalue weighted by Gasteiger charge is 2.17. The van der Waals surface area contributed by atoms with Crippen molar-refractivity contribution in [3.05, 3.63) is 29.3 Å². The zero-order valence-electron chi connectivity index (χ0n) is 13.8. The fourth-order valence-corrected chi connectivity index (χ4v) is 3.20. The third kappa shape index (κ3) is 5.68. The predicted molar refractivity (Wildman–Crippen MR) is 89.1 cm³/mol. The van der Waals surface area contributed by atoms with E-state index < -0.39 is 0 Å². The lowest BCUT2D eigenvalue weighted by molar-refractivity contribution is 0.170. The fraction of sp³-hybridized carbons (Fsp3) is 0.667. The second-order valence-corrected chi connectivity index (χ2v) is 6.37. The average molecular weight is 290 g/mol. The minimum absolute atomic E-state index is 0.819. The molecule has 0 unspecified atom stereocenters. The molecule has 1 fully saturated rings. The number of nitrogens with zero attached hydrogens (tertiary/aromatic N) is 1. The summed E-state index contributed by atoms with van der Waals surface area (Å²) < 4.78 is 5.88. The maximum atomic E-state index is 5.88. The lowest BCUT2D eigenvalue weighted by atomic mass is 9.97. The first-order chi connectivity index (χ1) is 10.2. The highest BCUT2D eigenvalue weighted by molar-refractivity contribution is 5.32. The summed E-state index contributed by atoms with van der Waals surface area (Å²) in [4.78, 5) is 2.58. The summed E-state index contributed by atoms with van der Waals surface area (Å²) in [6.07, 6.45) is 3.78. The predicted octanol–water partition coefficient (Wildman–Crippen LogP) is 3.00. The van der Waals surface area contributed by atoms with Crippen molar-refractivity contribution in [2.45, 2.75) is 33.1 Å². The minimum atomic E-state index is 0.819. The molecule has 3 heteroatoms. The Kier molecular flexibility index (Phi) is 6.52. The molecule has 1 N–H and O–H groups in total. The van der Waals surface area contributed by atoms with E-state index in [4.69, 9.17) is 4.74 Å². The van der Waals surface area contributed by atoms with E-state index in [-0.39, 0.29) is 0 Å². The second-order valence-electron chi connectivity index (χ2n) is 6.37. The third-order valence-electron chi connectivity index (χ3n) is 4.28. The molecule has 0 saturated carbocycles. The van der Waals surface area contributed by atoms with Crippen molar-refractivity contribution < 1.29 is 4.74 Å². The van der Waals surface area contributed by atoms with Gasteiger partial charge in [0.15, 0.2) is 0 Å². The molecule has 0 radical (unpaired) electrons. The number of nitrogens with one attached hydrogen (secondary N) is 1. The van der Waals surface area contributed by atoms with Crippen LogP contribution in [-0.2, 0) is 0 Å². The van der Waals surface area contributed by atoms with Crippen molar-refractivity contribution in [3.63, 3.8) is 0 Å². The fourth-order valence-electron chi connectivity index (χ4n) is 3.20. The second kappa shape index (κ2) is 8.40. The zero-order chi connectivity index (χ0) is 15.1. The summed E-state index contributed by atoms with van der Waals surface area (Å²) in [6, 6.07) is 6.43. The van der Waals surface area contributed by atoms with Crippen LogP contribution in [0.25, 0.3) is 0 Å². The lowest BCUT2D eigenvalue weighted by Gasteiger charge is -2.31. The molecular formula is C18H30N2O. The van der Waals surface area contributed by atoms with E-state index in [9.17, 15) is 0 Å². The van der Waals surface area contributed by atoms with Gasteiger partial charge in [-0.2, -0.15) is 0 Å². The standard InChI is InChI=1S/C18H30N2O/c1-15-11-16(2)13-18(12-15)21-10-4-7-20-8-5-17(6-9-20)14-19-3/h11-13,17,19H,4-10,14H2,1-3H3. The molecule has 0 aromatic heterocycles. The van der Waals surface area contributed by atoms with E-state index in [1.54, 1.807) is 0 Å². The normalized spacial score (nSPS) is 17.1. The zero-order valence-corrected chi connectivity index (χ0v) is 13.8. The molecule has 21 heavy (non-hydrogen) atoms. The highest BCUT2D eigenvalue weighted by Crippen LogP contribution is 2.18. The van der Waals surface area contributed by atoms with Gasteiger partial charge < -0.3 is 15.0 Å². The first-order valence-corrected chi connectivity index (χ1v) is 8.25. The van der Waals surface area contributed by atoms with Crippen LogP contribution in [-0.4, -0.2) is 44.7 Å². The van der Waals surface area contributed by atoms with Gasteiger partial charge >= 0.3 is 0 Å². The van der Waals surface area contributed by atoms with Crippen molar-refractivity contribution in [1.29, 1.82) is 0 Å². The Morgan fingerprint density at radius 2 is 1.81 bits per heavy atom. The molecule has 118 valence electrons. The van der Waals surface area contributed by atoms with E-state index in [1.165, 1.54) is 43.6 Å². The van der Waals surface area contributed by atoms with E-state index in [0.29, 0.717) is 0 Å². The smallest absolute Gasteiger partial charge is 0.119 e. The number of hydrogen-bond donors (Lipinski definition) is 1. The molecule has 1 heterocycles. The highest BCUT2D eigenvalue weighted by atomic mass is 16.5. The molecule has 0 spiro atoms. The molecule has 1 aromatic carbocycles. The Hall–Kier alpha value is -1.06.